The molecule has 9 heteroatoms. The number of carbonyl (C=O) groups excluding carboxylic acids is 1. The van der Waals surface area contributed by atoms with Gasteiger partial charge < -0.3 is 19.5 Å². The maximum atomic E-state index is 13.2. The number of hydrogen-bond donors (Lipinski definition) is 1. The van der Waals surface area contributed by atoms with E-state index in [1.165, 1.54) is 10.4 Å². The van der Waals surface area contributed by atoms with Crippen LogP contribution in [0.5, 0.6) is 17.2 Å². The Balaban J connectivity index is 2.52. The SMILES string of the molecule is CCOc1cc(C(=O)Nc2cc(S(=O)(=O)N(CC)CC)cc(C)c2C)cc(OCC)c1OCC. The summed E-state index contributed by atoms with van der Waals surface area (Å²) < 4.78 is 44.6. The summed E-state index contributed by atoms with van der Waals surface area (Å²) in [6.45, 7) is 14.7. The van der Waals surface area contributed by atoms with Crippen molar-refractivity contribution < 1.29 is 27.4 Å². The molecular formula is C25H36N2O6S. The Labute approximate surface area is 203 Å². The lowest BCUT2D eigenvalue weighted by molar-refractivity contribution is 0.102. The first-order chi connectivity index (χ1) is 16.1. The van der Waals surface area contributed by atoms with Gasteiger partial charge in [-0.25, -0.2) is 8.42 Å². The van der Waals surface area contributed by atoms with E-state index in [9.17, 15) is 13.2 Å². The maximum Gasteiger partial charge on any atom is 0.255 e. The first kappa shape index (κ1) is 27.5. The number of aryl methyl sites for hydroxylation is 1. The predicted octanol–water partition coefficient (Wildman–Crippen LogP) is 4.78. The summed E-state index contributed by atoms with van der Waals surface area (Å²) in [7, 11) is -3.68. The third-order valence-electron chi connectivity index (χ3n) is 5.40. The number of sulfonamides is 1. The van der Waals surface area contributed by atoms with Crippen LogP contribution < -0.4 is 19.5 Å². The fourth-order valence-corrected chi connectivity index (χ4v) is 5.10. The zero-order valence-electron chi connectivity index (χ0n) is 21.1. The largest absolute Gasteiger partial charge is 0.490 e. The molecule has 0 aliphatic heterocycles. The average molecular weight is 493 g/mol. The highest BCUT2D eigenvalue weighted by atomic mass is 32.2. The Kier molecular flexibility index (Phi) is 9.76. The summed E-state index contributed by atoms with van der Waals surface area (Å²) in [5.41, 5.74) is 2.29. The van der Waals surface area contributed by atoms with Crippen molar-refractivity contribution in [3.8, 4) is 17.2 Å². The summed E-state index contributed by atoms with van der Waals surface area (Å²) in [5.74, 6) is 0.851. The van der Waals surface area contributed by atoms with Crippen LogP contribution in [-0.2, 0) is 10.0 Å². The van der Waals surface area contributed by atoms with Gasteiger partial charge in [-0.2, -0.15) is 4.31 Å². The highest BCUT2D eigenvalue weighted by molar-refractivity contribution is 7.89. The third kappa shape index (κ3) is 6.01. The van der Waals surface area contributed by atoms with Crippen LogP contribution in [0.2, 0.25) is 0 Å². The number of hydrogen-bond acceptors (Lipinski definition) is 6. The number of carbonyl (C=O) groups is 1. The monoisotopic (exact) mass is 492 g/mol. The Hall–Kier alpha value is -2.78. The van der Waals surface area contributed by atoms with Crippen molar-refractivity contribution in [2.45, 2.75) is 53.4 Å². The van der Waals surface area contributed by atoms with Crippen LogP contribution in [0.15, 0.2) is 29.2 Å². The van der Waals surface area contributed by atoms with Gasteiger partial charge in [0.1, 0.15) is 0 Å². The molecule has 0 atom stereocenters. The molecule has 2 aromatic carbocycles. The Morgan fingerprint density at radius 1 is 0.853 bits per heavy atom. The highest BCUT2D eigenvalue weighted by Gasteiger charge is 2.24. The minimum absolute atomic E-state index is 0.145. The number of anilines is 1. The summed E-state index contributed by atoms with van der Waals surface area (Å²) in [5, 5.41) is 2.87. The normalized spacial score (nSPS) is 11.4. The van der Waals surface area contributed by atoms with Crippen LogP contribution in [-0.4, -0.2) is 51.5 Å². The molecule has 0 saturated heterocycles. The Morgan fingerprint density at radius 3 is 1.85 bits per heavy atom. The lowest BCUT2D eigenvalue weighted by Gasteiger charge is -2.21. The van der Waals surface area contributed by atoms with Crippen LogP contribution in [0.25, 0.3) is 0 Å². The van der Waals surface area contributed by atoms with Crippen LogP contribution >= 0.6 is 0 Å². The molecule has 0 fully saturated rings. The summed E-state index contributed by atoms with van der Waals surface area (Å²) in [6, 6.07) is 6.35. The molecule has 0 aliphatic rings. The second kappa shape index (κ2) is 12.1. The Morgan fingerprint density at radius 2 is 1.38 bits per heavy atom. The molecule has 0 aliphatic carbocycles. The van der Waals surface area contributed by atoms with Crippen molar-refractivity contribution in [3.63, 3.8) is 0 Å². The molecular weight excluding hydrogens is 456 g/mol. The van der Waals surface area contributed by atoms with Crippen molar-refractivity contribution in [3.05, 3.63) is 41.0 Å². The molecule has 2 aromatic rings. The van der Waals surface area contributed by atoms with Crippen LogP contribution in [0.1, 0.15) is 56.1 Å². The quantitative estimate of drug-likeness (QED) is 0.458. The fraction of sp³-hybridized carbons (Fsp3) is 0.480. The second-order valence-electron chi connectivity index (χ2n) is 7.56. The molecule has 0 saturated carbocycles. The first-order valence-corrected chi connectivity index (χ1v) is 13.1. The number of amides is 1. The van der Waals surface area contributed by atoms with E-state index in [0.717, 1.165) is 11.1 Å². The van der Waals surface area contributed by atoms with E-state index in [0.29, 0.717) is 61.4 Å². The van der Waals surface area contributed by atoms with Gasteiger partial charge in [0, 0.05) is 24.3 Å². The molecule has 1 amide bonds. The molecule has 188 valence electrons. The van der Waals surface area contributed by atoms with E-state index in [1.54, 1.807) is 32.0 Å². The number of ether oxygens (including phenoxy) is 3. The molecule has 1 N–H and O–H groups in total. The molecule has 0 bridgehead atoms. The molecule has 0 radical (unpaired) electrons. The van der Waals surface area contributed by atoms with E-state index in [2.05, 4.69) is 5.32 Å². The van der Waals surface area contributed by atoms with Crippen molar-refractivity contribution in [2.24, 2.45) is 0 Å². The van der Waals surface area contributed by atoms with E-state index in [1.807, 2.05) is 34.6 Å². The molecule has 0 spiro atoms. The lowest BCUT2D eigenvalue weighted by atomic mass is 10.1. The topological polar surface area (TPSA) is 94.2 Å². The van der Waals surface area contributed by atoms with E-state index in [-0.39, 0.29) is 4.90 Å². The average Bonchev–Trinajstić information content (AvgIpc) is 2.79. The van der Waals surface area contributed by atoms with E-state index in [4.69, 9.17) is 14.2 Å². The summed E-state index contributed by atoms with van der Waals surface area (Å²) in [6.07, 6.45) is 0. The lowest BCUT2D eigenvalue weighted by Crippen LogP contribution is -2.30. The van der Waals surface area contributed by atoms with E-state index >= 15 is 0 Å². The van der Waals surface area contributed by atoms with Crippen molar-refractivity contribution in [2.75, 3.05) is 38.2 Å². The van der Waals surface area contributed by atoms with Gasteiger partial charge >= 0.3 is 0 Å². The van der Waals surface area contributed by atoms with Gasteiger partial charge in [-0.05, 0) is 70.0 Å². The number of benzene rings is 2. The fourth-order valence-electron chi connectivity index (χ4n) is 3.53. The molecule has 2 rings (SSSR count). The van der Waals surface area contributed by atoms with Crippen molar-refractivity contribution >= 4 is 21.6 Å². The van der Waals surface area contributed by atoms with Gasteiger partial charge in [-0.15, -0.1) is 0 Å². The van der Waals surface area contributed by atoms with Gasteiger partial charge in [0.2, 0.25) is 15.8 Å². The molecule has 0 aromatic heterocycles. The van der Waals surface area contributed by atoms with Crippen molar-refractivity contribution in [1.29, 1.82) is 0 Å². The number of nitrogens with one attached hydrogen (secondary N) is 1. The summed E-state index contributed by atoms with van der Waals surface area (Å²) >= 11 is 0. The Bertz CT molecular complexity index is 1080. The minimum Gasteiger partial charge on any atom is -0.490 e. The standard InChI is InChI=1S/C25H36N2O6S/c1-8-27(9-2)34(29,30)20-13-17(6)18(7)21(16-20)26-25(28)19-14-22(31-10-3)24(33-12-5)23(15-19)32-11-4/h13-16H,8-12H2,1-7H3,(H,26,28). The minimum atomic E-state index is -3.68. The second-order valence-corrected chi connectivity index (χ2v) is 9.49. The molecule has 0 unspecified atom stereocenters. The smallest absolute Gasteiger partial charge is 0.255 e. The molecule has 0 heterocycles. The maximum absolute atomic E-state index is 13.2. The predicted molar refractivity (Wildman–Crippen MR) is 134 cm³/mol. The molecule has 8 nitrogen and oxygen atoms in total. The van der Waals surface area contributed by atoms with Crippen LogP contribution in [0.4, 0.5) is 5.69 Å². The first-order valence-electron chi connectivity index (χ1n) is 11.6. The third-order valence-corrected chi connectivity index (χ3v) is 7.43. The zero-order chi connectivity index (χ0) is 25.5. The van der Waals surface area contributed by atoms with Gasteiger partial charge in [0.25, 0.3) is 5.91 Å². The number of nitrogens with zero attached hydrogens (tertiary/aromatic N) is 1. The van der Waals surface area contributed by atoms with Gasteiger partial charge in [0.15, 0.2) is 11.5 Å². The number of rotatable bonds is 12. The summed E-state index contributed by atoms with van der Waals surface area (Å²) in [4.78, 5) is 13.4. The van der Waals surface area contributed by atoms with Crippen LogP contribution in [0.3, 0.4) is 0 Å². The zero-order valence-corrected chi connectivity index (χ0v) is 22.0. The van der Waals surface area contributed by atoms with Crippen molar-refractivity contribution in [1.82, 2.24) is 4.31 Å². The van der Waals surface area contributed by atoms with Gasteiger partial charge in [0.05, 0.1) is 24.7 Å². The van der Waals surface area contributed by atoms with Gasteiger partial charge in [-0.3, -0.25) is 4.79 Å². The van der Waals surface area contributed by atoms with Crippen LogP contribution in [0, 0.1) is 13.8 Å². The molecule has 34 heavy (non-hydrogen) atoms. The van der Waals surface area contributed by atoms with Gasteiger partial charge in [-0.1, -0.05) is 13.8 Å². The van der Waals surface area contributed by atoms with E-state index < -0.39 is 15.9 Å². The highest BCUT2D eigenvalue weighted by Crippen LogP contribution is 2.39.